The van der Waals surface area contributed by atoms with E-state index in [-0.39, 0.29) is 0 Å². The fraction of sp³-hybridized carbons (Fsp3) is 0.429. The molecule has 0 aliphatic carbocycles. The lowest BCUT2D eigenvalue weighted by Gasteiger charge is -2.35. The molecule has 0 fully saturated rings. The van der Waals surface area contributed by atoms with Crippen molar-refractivity contribution in [3.05, 3.63) is 39.9 Å². The molecule has 4 atom stereocenters. The van der Waals surface area contributed by atoms with Gasteiger partial charge in [-0.15, -0.1) is 0 Å². The SMILES string of the molecule is [2H]CC(=O)NC(=O)[C@@](O)(c1ccc([N+](=O)[O-])cc1)[C@@H](O)[C@H](O)[C@H](O)CO. The third kappa shape index (κ3) is 4.35. The average Bonchev–Trinajstić information content (AvgIpc) is 2.65. The second-order valence-corrected chi connectivity index (χ2v) is 5.13. The van der Waals surface area contributed by atoms with Gasteiger partial charge in [-0.1, -0.05) is 0 Å². The first-order valence-electron chi connectivity index (χ1n) is 7.56. The van der Waals surface area contributed by atoms with Gasteiger partial charge < -0.3 is 25.5 Å². The second-order valence-electron chi connectivity index (χ2n) is 5.13. The Morgan fingerprint density at radius 2 is 1.88 bits per heavy atom. The van der Waals surface area contributed by atoms with Crippen molar-refractivity contribution in [2.75, 3.05) is 6.61 Å². The van der Waals surface area contributed by atoms with Crippen molar-refractivity contribution >= 4 is 17.5 Å². The van der Waals surface area contributed by atoms with Crippen LogP contribution in [0.2, 0.25) is 0 Å². The van der Waals surface area contributed by atoms with Gasteiger partial charge in [0.05, 0.1) is 11.5 Å². The third-order valence-corrected chi connectivity index (χ3v) is 3.45. The van der Waals surface area contributed by atoms with E-state index in [1.165, 1.54) is 0 Å². The lowest BCUT2D eigenvalue weighted by molar-refractivity contribution is -0.384. The quantitative estimate of drug-likeness (QED) is 0.226. The Morgan fingerprint density at radius 3 is 2.32 bits per heavy atom. The number of rotatable bonds is 7. The van der Waals surface area contributed by atoms with Gasteiger partial charge in [0, 0.05) is 20.4 Å². The minimum Gasteiger partial charge on any atom is -0.394 e. The summed E-state index contributed by atoms with van der Waals surface area (Å²) in [5, 5.41) is 61.4. The van der Waals surface area contributed by atoms with Crippen LogP contribution in [0.15, 0.2) is 24.3 Å². The van der Waals surface area contributed by atoms with Gasteiger partial charge in [0.15, 0.2) is 5.60 Å². The van der Waals surface area contributed by atoms with Gasteiger partial charge in [-0.25, -0.2) is 0 Å². The van der Waals surface area contributed by atoms with Crippen molar-refractivity contribution in [2.24, 2.45) is 0 Å². The standard InChI is InChI=1S/C14H18N2O9/c1-7(18)15-13(22)14(23,12(21)11(20)10(19)6-17)8-2-4-9(5-3-8)16(24)25/h2-5,10-12,17,19-21,23H,6H2,1H3,(H,15,18,22)/t10-,11-,12+,14-/m1/s1/i1D. The topological polar surface area (TPSA) is 190 Å². The monoisotopic (exact) mass is 359 g/mol. The fourth-order valence-corrected chi connectivity index (χ4v) is 2.06. The third-order valence-electron chi connectivity index (χ3n) is 3.45. The van der Waals surface area contributed by atoms with Crippen LogP contribution < -0.4 is 5.32 Å². The van der Waals surface area contributed by atoms with Crippen LogP contribution in [0.5, 0.6) is 0 Å². The number of aliphatic hydroxyl groups is 5. The van der Waals surface area contributed by atoms with Gasteiger partial charge >= 0.3 is 0 Å². The number of nitro benzene ring substituents is 1. The molecule has 0 saturated heterocycles. The van der Waals surface area contributed by atoms with Crippen LogP contribution in [0.3, 0.4) is 0 Å². The summed E-state index contributed by atoms with van der Waals surface area (Å²) >= 11 is 0. The summed E-state index contributed by atoms with van der Waals surface area (Å²) < 4.78 is 6.87. The molecule has 6 N–H and O–H groups in total. The summed E-state index contributed by atoms with van der Waals surface area (Å²) in [5.74, 6) is -2.65. The van der Waals surface area contributed by atoms with Crippen LogP contribution in [-0.4, -0.2) is 67.2 Å². The molecule has 0 heterocycles. The molecule has 11 heteroatoms. The number of non-ortho nitro benzene ring substituents is 1. The number of hydrogen-bond acceptors (Lipinski definition) is 9. The summed E-state index contributed by atoms with van der Waals surface area (Å²) in [4.78, 5) is 33.5. The molecule has 25 heavy (non-hydrogen) atoms. The molecule has 0 bridgehead atoms. The zero-order chi connectivity index (χ0) is 20.1. The second kappa shape index (κ2) is 8.09. The highest BCUT2D eigenvalue weighted by Crippen LogP contribution is 2.30. The van der Waals surface area contributed by atoms with E-state index in [0.717, 1.165) is 24.3 Å². The largest absolute Gasteiger partial charge is 0.394 e. The summed E-state index contributed by atoms with van der Waals surface area (Å²) in [5.41, 5.74) is -3.85. The minimum atomic E-state index is -3.02. The molecule has 0 spiro atoms. The van der Waals surface area contributed by atoms with Gasteiger partial charge in [0.25, 0.3) is 11.6 Å². The smallest absolute Gasteiger partial charge is 0.269 e. The average molecular weight is 359 g/mol. The number of nitrogens with one attached hydrogen (secondary N) is 1. The molecule has 0 unspecified atom stereocenters. The molecule has 0 aliphatic rings. The summed E-state index contributed by atoms with van der Waals surface area (Å²) in [7, 11) is 0. The predicted octanol–water partition coefficient (Wildman–Crippen LogP) is -2.48. The molecule has 0 aromatic heterocycles. The molecular weight excluding hydrogens is 340 g/mol. The van der Waals surface area contributed by atoms with E-state index in [1.54, 1.807) is 5.32 Å². The Labute approximate surface area is 142 Å². The van der Waals surface area contributed by atoms with Crippen LogP contribution in [0, 0.1) is 10.1 Å². The number of amides is 2. The van der Waals surface area contributed by atoms with E-state index in [0.29, 0.717) is 0 Å². The number of benzene rings is 1. The number of aliphatic hydroxyl groups excluding tert-OH is 4. The molecule has 11 nitrogen and oxygen atoms in total. The van der Waals surface area contributed by atoms with Crippen LogP contribution in [0.1, 0.15) is 13.8 Å². The Bertz CT molecular complexity index is 669. The molecule has 0 aliphatic heterocycles. The first kappa shape index (κ1) is 18.9. The van der Waals surface area contributed by atoms with E-state index in [9.17, 15) is 40.1 Å². The van der Waals surface area contributed by atoms with Crippen LogP contribution >= 0.6 is 0 Å². The molecule has 1 aromatic rings. The number of nitro groups is 1. The van der Waals surface area contributed by atoms with Gasteiger partial charge in [0.1, 0.15) is 18.3 Å². The number of imide groups is 1. The fourth-order valence-electron chi connectivity index (χ4n) is 2.06. The van der Waals surface area contributed by atoms with E-state index < -0.39 is 65.4 Å². The van der Waals surface area contributed by atoms with E-state index >= 15 is 0 Å². The normalized spacial score (nSPS) is 17.6. The van der Waals surface area contributed by atoms with Gasteiger partial charge in [-0.3, -0.25) is 25.0 Å². The van der Waals surface area contributed by atoms with Crippen molar-refractivity contribution in [3.63, 3.8) is 0 Å². The zero-order valence-electron chi connectivity index (χ0n) is 13.8. The molecule has 138 valence electrons. The van der Waals surface area contributed by atoms with Crippen LogP contribution in [0.4, 0.5) is 5.69 Å². The molecular formula is C14H18N2O9. The lowest BCUT2D eigenvalue weighted by Crippen LogP contribution is -2.59. The predicted molar refractivity (Wildman–Crippen MR) is 80.9 cm³/mol. The molecule has 0 radical (unpaired) electrons. The Kier molecular flexibility index (Phi) is 6.12. The van der Waals surface area contributed by atoms with Crippen molar-refractivity contribution in [1.82, 2.24) is 5.32 Å². The number of carbonyl (C=O) groups is 2. The maximum atomic E-state index is 12.3. The highest BCUT2D eigenvalue weighted by atomic mass is 16.6. The molecule has 0 saturated carbocycles. The highest BCUT2D eigenvalue weighted by molar-refractivity contribution is 5.99. The van der Waals surface area contributed by atoms with E-state index in [1.807, 2.05) is 0 Å². The Morgan fingerprint density at radius 1 is 1.32 bits per heavy atom. The van der Waals surface area contributed by atoms with Crippen molar-refractivity contribution in [3.8, 4) is 0 Å². The Balaban J connectivity index is 3.38. The first-order chi connectivity index (χ1) is 12.1. The van der Waals surface area contributed by atoms with Crippen molar-refractivity contribution in [2.45, 2.75) is 30.8 Å². The van der Waals surface area contributed by atoms with E-state index in [2.05, 4.69) is 0 Å². The van der Waals surface area contributed by atoms with Crippen molar-refractivity contribution < 1.29 is 41.4 Å². The maximum absolute atomic E-state index is 12.3. The minimum absolute atomic E-state index is 0.399. The highest BCUT2D eigenvalue weighted by Gasteiger charge is 2.50. The summed E-state index contributed by atoms with van der Waals surface area (Å²) in [6, 6.07) is 3.62. The number of nitrogens with zero attached hydrogens (tertiary/aromatic N) is 1. The molecule has 1 aromatic carbocycles. The zero-order valence-corrected chi connectivity index (χ0v) is 12.8. The van der Waals surface area contributed by atoms with Crippen LogP contribution in [-0.2, 0) is 15.2 Å². The van der Waals surface area contributed by atoms with Gasteiger partial charge in [0.2, 0.25) is 5.91 Å². The first-order valence-corrected chi connectivity index (χ1v) is 6.85. The Hall–Kier alpha value is -2.44. The lowest BCUT2D eigenvalue weighted by atomic mass is 9.83. The molecule has 1 rings (SSSR count). The summed E-state index contributed by atoms with van der Waals surface area (Å²) in [6.07, 6.45) is -6.57. The van der Waals surface area contributed by atoms with Gasteiger partial charge in [-0.2, -0.15) is 0 Å². The van der Waals surface area contributed by atoms with Gasteiger partial charge in [-0.05, 0) is 17.7 Å². The summed E-state index contributed by atoms with van der Waals surface area (Å²) in [6.45, 7) is -1.89. The van der Waals surface area contributed by atoms with E-state index in [4.69, 9.17) is 6.48 Å². The molecule has 2 amide bonds. The van der Waals surface area contributed by atoms with Crippen molar-refractivity contribution in [1.29, 1.82) is 0 Å². The number of hydrogen-bond donors (Lipinski definition) is 6. The number of carbonyl (C=O) groups excluding carboxylic acids is 2. The van der Waals surface area contributed by atoms with Crippen LogP contribution in [0.25, 0.3) is 0 Å². The maximum Gasteiger partial charge on any atom is 0.269 e.